The highest BCUT2D eigenvalue weighted by atomic mass is 16.6. The molecule has 3 rings (SSSR count). The molecule has 2 aromatic carbocycles. The largest absolute Gasteiger partial charge is 0.508 e. The molecule has 25 heavy (non-hydrogen) atoms. The van der Waals surface area contributed by atoms with E-state index in [0.717, 1.165) is 0 Å². The second-order valence-corrected chi connectivity index (χ2v) is 5.20. The Bertz CT molecular complexity index is 819. The zero-order chi connectivity index (χ0) is 18.0. The first kappa shape index (κ1) is 16.6. The van der Waals surface area contributed by atoms with Gasteiger partial charge in [-0.05, 0) is 36.4 Å². The van der Waals surface area contributed by atoms with Crippen LogP contribution in [0, 0.1) is 0 Å². The standard InChI is InChI=1S/C17H16N2O6/c1-23-12-8-7-11-13(14(12)24-2)17(22)25-16(11)19-18-15(21)9-3-5-10(20)6-4-9/h3-8,16,19-20H,1-2H3,(H,18,21). The summed E-state index contributed by atoms with van der Waals surface area (Å²) in [6.07, 6.45) is -0.858. The van der Waals surface area contributed by atoms with E-state index < -0.39 is 18.1 Å². The van der Waals surface area contributed by atoms with Gasteiger partial charge in [-0.15, -0.1) is 0 Å². The number of methoxy groups -OCH3 is 2. The SMILES string of the molecule is COc1ccc2c(c1OC)C(=O)OC2NNC(=O)c1ccc(O)cc1. The van der Waals surface area contributed by atoms with Gasteiger partial charge in [-0.1, -0.05) is 0 Å². The number of aromatic hydroxyl groups is 1. The molecule has 1 atom stereocenters. The monoisotopic (exact) mass is 344 g/mol. The third-order valence-corrected chi connectivity index (χ3v) is 3.74. The summed E-state index contributed by atoms with van der Waals surface area (Å²) in [6.45, 7) is 0. The molecule has 1 heterocycles. The Balaban J connectivity index is 1.77. The number of carbonyl (C=O) groups excluding carboxylic acids is 2. The maximum Gasteiger partial charge on any atom is 0.344 e. The number of hydrogen-bond acceptors (Lipinski definition) is 7. The molecule has 8 nitrogen and oxygen atoms in total. The molecule has 1 amide bonds. The van der Waals surface area contributed by atoms with Crippen LogP contribution in [0.25, 0.3) is 0 Å². The van der Waals surface area contributed by atoms with Crippen LogP contribution in [0.2, 0.25) is 0 Å². The first-order chi connectivity index (χ1) is 12.0. The van der Waals surface area contributed by atoms with Crippen LogP contribution in [0.4, 0.5) is 0 Å². The number of cyclic esters (lactones) is 1. The van der Waals surface area contributed by atoms with Crippen LogP contribution in [0.3, 0.4) is 0 Å². The summed E-state index contributed by atoms with van der Waals surface area (Å²) in [7, 11) is 2.90. The smallest absolute Gasteiger partial charge is 0.344 e. The van der Waals surface area contributed by atoms with E-state index in [4.69, 9.17) is 14.2 Å². The zero-order valence-electron chi connectivity index (χ0n) is 13.5. The summed E-state index contributed by atoms with van der Waals surface area (Å²) in [5.74, 6) is -0.276. The summed E-state index contributed by atoms with van der Waals surface area (Å²) in [5, 5.41) is 9.24. The molecule has 0 bridgehead atoms. The first-order valence-corrected chi connectivity index (χ1v) is 7.36. The highest BCUT2D eigenvalue weighted by Gasteiger charge is 2.36. The number of fused-ring (bicyclic) bond motifs is 1. The quantitative estimate of drug-likeness (QED) is 0.558. The van der Waals surface area contributed by atoms with E-state index >= 15 is 0 Å². The van der Waals surface area contributed by atoms with Crippen molar-refractivity contribution < 1.29 is 28.9 Å². The third-order valence-electron chi connectivity index (χ3n) is 3.74. The molecule has 1 unspecified atom stereocenters. The van der Waals surface area contributed by atoms with E-state index in [0.29, 0.717) is 16.9 Å². The Morgan fingerprint density at radius 2 is 1.84 bits per heavy atom. The minimum Gasteiger partial charge on any atom is -0.508 e. The number of ether oxygens (including phenoxy) is 3. The van der Waals surface area contributed by atoms with Crippen molar-refractivity contribution in [1.29, 1.82) is 0 Å². The van der Waals surface area contributed by atoms with Crippen molar-refractivity contribution in [2.24, 2.45) is 0 Å². The van der Waals surface area contributed by atoms with E-state index in [1.165, 1.54) is 38.5 Å². The van der Waals surface area contributed by atoms with Crippen LogP contribution in [0.5, 0.6) is 17.2 Å². The van der Waals surface area contributed by atoms with Crippen LogP contribution in [0.15, 0.2) is 36.4 Å². The lowest BCUT2D eigenvalue weighted by atomic mass is 10.1. The number of hydrogen-bond donors (Lipinski definition) is 3. The topological polar surface area (TPSA) is 106 Å². The number of carbonyl (C=O) groups is 2. The van der Waals surface area contributed by atoms with Crippen LogP contribution < -0.4 is 20.3 Å². The van der Waals surface area contributed by atoms with Crippen molar-refractivity contribution >= 4 is 11.9 Å². The molecule has 130 valence electrons. The van der Waals surface area contributed by atoms with Gasteiger partial charge in [0, 0.05) is 11.1 Å². The van der Waals surface area contributed by atoms with Gasteiger partial charge in [0.15, 0.2) is 17.7 Å². The van der Waals surface area contributed by atoms with E-state index in [1.807, 2.05) is 0 Å². The summed E-state index contributed by atoms with van der Waals surface area (Å²) in [6, 6.07) is 9.04. The Labute approximate surface area is 143 Å². The van der Waals surface area contributed by atoms with Crippen molar-refractivity contribution in [1.82, 2.24) is 10.9 Å². The Hall–Kier alpha value is -3.26. The number of esters is 1. The number of phenols is 1. The normalized spacial score (nSPS) is 15.3. The third kappa shape index (κ3) is 3.07. The maximum atomic E-state index is 12.1. The lowest BCUT2D eigenvalue weighted by Gasteiger charge is -2.14. The maximum absolute atomic E-state index is 12.1. The minimum atomic E-state index is -0.858. The number of amides is 1. The predicted octanol–water partition coefficient (Wildman–Crippen LogP) is 1.51. The van der Waals surface area contributed by atoms with Crippen molar-refractivity contribution in [3.05, 3.63) is 53.1 Å². The molecule has 0 saturated heterocycles. The summed E-state index contributed by atoms with van der Waals surface area (Å²) in [4.78, 5) is 24.2. The fourth-order valence-corrected chi connectivity index (χ4v) is 2.52. The molecule has 0 aromatic heterocycles. The Morgan fingerprint density at radius 1 is 1.12 bits per heavy atom. The van der Waals surface area contributed by atoms with Gasteiger partial charge in [0.05, 0.1) is 14.2 Å². The molecule has 0 saturated carbocycles. The summed E-state index contributed by atoms with van der Waals surface area (Å²) < 4.78 is 15.6. The van der Waals surface area contributed by atoms with Crippen molar-refractivity contribution in [2.45, 2.75) is 6.23 Å². The molecule has 0 fully saturated rings. The Morgan fingerprint density at radius 3 is 2.48 bits per heavy atom. The molecule has 0 spiro atoms. The lowest BCUT2D eigenvalue weighted by molar-refractivity contribution is 0.0260. The Kier molecular flexibility index (Phi) is 4.44. The highest BCUT2D eigenvalue weighted by molar-refractivity contribution is 5.98. The van der Waals surface area contributed by atoms with Crippen molar-refractivity contribution in [2.75, 3.05) is 14.2 Å². The fraction of sp³-hybridized carbons (Fsp3) is 0.176. The van der Waals surface area contributed by atoms with E-state index in [9.17, 15) is 14.7 Å². The molecular formula is C17H16N2O6. The van der Waals surface area contributed by atoms with E-state index in [2.05, 4.69) is 10.9 Å². The number of benzene rings is 2. The van der Waals surface area contributed by atoms with Crippen molar-refractivity contribution in [3.8, 4) is 17.2 Å². The zero-order valence-corrected chi connectivity index (χ0v) is 13.5. The molecule has 1 aliphatic heterocycles. The summed E-state index contributed by atoms with van der Waals surface area (Å²) in [5.41, 5.74) is 6.24. The van der Waals surface area contributed by atoms with E-state index in [1.54, 1.807) is 12.1 Å². The van der Waals surface area contributed by atoms with Gasteiger partial charge in [0.2, 0.25) is 0 Å². The average molecular weight is 344 g/mol. The lowest BCUT2D eigenvalue weighted by Crippen LogP contribution is -2.40. The van der Waals surface area contributed by atoms with Gasteiger partial charge < -0.3 is 19.3 Å². The van der Waals surface area contributed by atoms with Crippen molar-refractivity contribution in [3.63, 3.8) is 0 Å². The second-order valence-electron chi connectivity index (χ2n) is 5.20. The van der Waals surface area contributed by atoms with Gasteiger partial charge in [0.1, 0.15) is 11.3 Å². The number of phenolic OH excluding ortho intramolecular Hbond substituents is 1. The van der Waals surface area contributed by atoms with Gasteiger partial charge in [-0.25, -0.2) is 4.79 Å². The minimum absolute atomic E-state index is 0.0594. The molecule has 8 heteroatoms. The first-order valence-electron chi connectivity index (χ1n) is 7.36. The van der Waals surface area contributed by atoms with Crippen LogP contribution in [-0.2, 0) is 4.74 Å². The van der Waals surface area contributed by atoms with Crippen LogP contribution in [-0.4, -0.2) is 31.2 Å². The number of nitrogens with one attached hydrogen (secondary N) is 2. The van der Waals surface area contributed by atoms with Gasteiger partial charge in [-0.2, -0.15) is 5.43 Å². The predicted molar refractivity (Wildman–Crippen MR) is 86.4 cm³/mol. The fourth-order valence-electron chi connectivity index (χ4n) is 2.52. The average Bonchev–Trinajstić information content (AvgIpc) is 2.95. The second kappa shape index (κ2) is 6.70. The number of hydrazine groups is 1. The molecule has 3 N–H and O–H groups in total. The molecule has 0 radical (unpaired) electrons. The van der Waals surface area contributed by atoms with Gasteiger partial charge >= 0.3 is 5.97 Å². The van der Waals surface area contributed by atoms with Gasteiger partial charge in [-0.3, -0.25) is 10.2 Å². The molecule has 1 aliphatic rings. The highest BCUT2D eigenvalue weighted by Crippen LogP contribution is 2.40. The summed E-state index contributed by atoms with van der Waals surface area (Å²) >= 11 is 0. The number of rotatable bonds is 5. The molecule has 0 aliphatic carbocycles. The van der Waals surface area contributed by atoms with Crippen LogP contribution in [0.1, 0.15) is 32.5 Å². The van der Waals surface area contributed by atoms with E-state index in [-0.39, 0.29) is 17.1 Å². The van der Waals surface area contributed by atoms with Gasteiger partial charge in [0.25, 0.3) is 5.91 Å². The molecule has 2 aromatic rings. The molecular weight excluding hydrogens is 328 g/mol. The van der Waals surface area contributed by atoms with Crippen LogP contribution >= 0.6 is 0 Å².